The van der Waals surface area contributed by atoms with Crippen LogP contribution in [0.15, 0.2) is 36.7 Å². The van der Waals surface area contributed by atoms with Crippen molar-refractivity contribution in [3.8, 4) is 5.75 Å². The van der Waals surface area contributed by atoms with Crippen molar-refractivity contribution in [3.63, 3.8) is 0 Å². The maximum Gasteiger partial charge on any atom is 0.259 e. The first-order valence-electron chi connectivity index (χ1n) is 6.48. The molecular formula is C15H16FN3O2. The number of hydrogen-bond acceptors (Lipinski definition) is 4. The van der Waals surface area contributed by atoms with Gasteiger partial charge in [0, 0.05) is 30.7 Å². The highest BCUT2D eigenvalue weighted by Crippen LogP contribution is 2.22. The zero-order chi connectivity index (χ0) is 15.2. The number of nitrogens with one attached hydrogen (secondary N) is 2. The van der Waals surface area contributed by atoms with Crippen molar-refractivity contribution in [1.82, 2.24) is 4.98 Å². The molecule has 0 aliphatic carbocycles. The van der Waals surface area contributed by atoms with E-state index in [0.29, 0.717) is 23.5 Å². The van der Waals surface area contributed by atoms with Crippen LogP contribution >= 0.6 is 0 Å². The Morgan fingerprint density at radius 1 is 1.38 bits per heavy atom. The van der Waals surface area contributed by atoms with E-state index in [1.807, 2.05) is 6.92 Å². The molecule has 2 rings (SSSR count). The third-order valence-corrected chi connectivity index (χ3v) is 2.84. The van der Waals surface area contributed by atoms with E-state index in [1.165, 1.54) is 25.4 Å². The lowest BCUT2D eigenvalue weighted by atomic mass is 10.2. The second kappa shape index (κ2) is 6.69. The van der Waals surface area contributed by atoms with E-state index in [1.54, 1.807) is 18.3 Å². The van der Waals surface area contributed by atoms with Crippen LogP contribution in [0.3, 0.4) is 0 Å². The van der Waals surface area contributed by atoms with Crippen LogP contribution in [0.5, 0.6) is 5.75 Å². The van der Waals surface area contributed by atoms with Crippen LogP contribution in [-0.2, 0) is 0 Å². The van der Waals surface area contributed by atoms with Crippen LogP contribution in [0.25, 0.3) is 0 Å². The molecule has 1 aromatic carbocycles. The molecule has 5 nitrogen and oxygen atoms in total. The van der Waals surface area contributed by atoms with Gasteiger partial charge >= 0.3 is 0 Å². The van der Waals surface area contributed by atoms with Gasteiger partial charge in [-0.2, -0.15) is 0 Å². The highest BCUT2D eigenvalue weighted by Gasteiger charge is 2.12. The van der Waals surface area contributed by atoms with Crippen LogP contribution in [0.2, 0.25) is 0 Å². The lowest BCUT2D eigenvalue weighted by Crippen LogP contribution is -2.15. The summed E-state index contributed by atoms with van der Waals surface area (Å²) in [7, 11) is 1.38. The average Bonchev–Trinajstić information content (AvgIpc) is 2.48. The van der Waals surface area contributed by atoms with Crippen molar-refractivity contribution in [2.45, 2.75) is 6.92 Å². The fourth-order valence-electron chi connectivity index (χ4n) is 1.86. The molecule has 2 N–H and O–H groups in total. The molecular weight excluding hydrogens is 273 g/mol. The molecule has 0 aliphatic heterocycles. The van der Waals surface area contributed by atoms with Crippen LogP contribution in [0.1, 0.15) is 17.3 Å². The summed E-state index contributed by atoms with van der Waals surface area (Å²) < 4.78 is 18.4. The van der Waals surface area contributed by atoms with Gasteiger partial charge in [-0.05, 0) is 25.1 Å². The maximum absolute atomic E-state index is 13.6. The minimum Gasteiger partial charge on any atom is -0.494 e. The molecule has 2 aromatic rings. The molecule has 0 spiro atoms. The number of ether oxygens (including phenoxy) is 1. The molecule has 0 radical (unpaired) electrons. The minimum absolute atomic E-state index is 0.128. The Morgan fingerprint density at radius 2 is 2.19 bits per heavy atom. The molecule has 0 aliphatic rings. The number of rotatable bonds is 5. The molecule has 0 unspecified atom stereocenters. The molecule has 1 heterocycles. The topological polar surface area (TPSA) is 63.2 Å². The molecule has 0 saturated carbocycles. The van der Waals surface area contributed by atoms with Gasteiger partial charge in [0.15, 0.2) is 11.6 Å². The van der Waals surface area contributed by atoms with E-state index in [2.05, 4.69) is 15.6 Å². The predicted molar refractivity (Wildman–Crippen MR) is 79.3 cm³/mol. The van der Waals surface area contributed by atoms with E-state index in [9.17, 15) is 9.18 Å². The average molecular weight is 289 g/mol. The molecule has 0 saturated heterocycles. The summed E-state index contributed by atoms with van der Waals surface area (Å²) in [6.07, 6.45) is 3.06. The maximum atomic E-state index is 13.6. The van der Waals surface area contributed by atoms with Gasteiger partial charge in [0.2, 0.25) is 0 Å². The second-order valence-corrected chi connectivity index (χ2v) is 4.26. The van der Waals surface area contributed by atoms with Gasteiger partial charge in [-0.15, -0.1) is 0 Å². The predicted octanol–water partition coefficient (Wildman–Crippen LogP) is 2.91. The van der Waals surface area contributed by atoms with E-state index < -0.39 is 5.82 Å². The Morgan fingerprint density at radius 3 is 2.86 bits per heavy atom. The molecule has 0 atom stereocenters. The van der Waals surface area contributed by atoms with E-state index in [4.69, 9.17) is 4.74 Å². The molecule has 0 fully saturated rings. The Balaban J connectivity index is 2.20. The normalized spacial score (nSPS) is 10.0. The SMILES string of the molecule is CCNc1ccncc1C(=O)Nc1ccc(OC)c(F)c1. The number of hydrogen-bond donors (Lipinski definition) is 2. The molecule has 6 heteroatoms. The Hall–Kier alpha value is -2.63. The third kappa shape index (κ3) is 3.47. The molecule has 110 valence electrons. The molecule has 1 aromatic heterocycles. The lowest BCUT2D eigenvalue weighted by molar-refractivity contribution is 0.102. The second-order valence-electron chi connectivity index (χ2n) is 4.26. The monoisotopic (exact) mass is 289 g/mol. The Labute approximate surface area is 122 Å². The van der Waals surface area contributed by atoms with E-state index in [-0.39, 0.29) is 11.7 Å². The van der Waals surface area contributed by atoms with Gasteiger partial charge in [0.25, 0.3) is 5.91 Å². The smallest absolute Gasteiger partial charge is 0.259 e. The lowest BCUT2D eigenvalue weighted by Gasteiger charge is -2.11. The fraction of sp³-hybridized carbons (Fsp3) is 0.200. The molecule has 1 amide bonds. The number of carbonyl (C=O) groups excluding carboxylic acids is 1. The van der Waals surface area contributed by atoms with Crippen LogP contribution < -0.4 is 15.4 Å². The summed E-state index contributed by atoms with van der Waals surface area (Å²) in [4.78, 5) is 16.2. The first-order valence-corrected chi connectivity index (χ1v) is 6.48. The number of pyridine rings is 1. The van der Waals surface area contributed by atoms with Crippen LogP contribution in [0.4, 0.5) is 15.8 Å². The van der Waals surface area contributed by atoms with Gasteiger partial charge in [-0.1, -0.05) is 0 Å². The summed E-state index contributed by atoms with van der Waals surface area (Å²) in [6.45, 7) is 2.61. The van der Waals surface area contributed by atoms with Gasteiger partial charge in [0.1, 0.15) is 0 Å². The number of nitrogens with zero attached hydrogens (tertiary/aromatic N) is 1. The van der Waals surface area contributed by atoms with Crippen molar-refractivity contribution in [2.24, 2.45) is 0 Å². The number of amides is 1. The summed E-state index contributed by atoms with van der Waals surface area (Å²) in [5, 5.41) is 5.71. The summed E-state index contributed by atoms with van der Waals surface area (Å²) >= 11 is 0. The van der Waals surface area contributed by atoms with Crippen molar-refractivity contribution in [2.75, 3.05) is 24.3 Å². The quantitative estimate of drug-likeness (QED) is 0.888. The van der Waals surface area contributed by atoms with Gasteiger partial charge in [-0.3, -0.25) is 9.78 Å². The minimum atomic E-state index is -0.534. The van der Waals surface area contributed by atoms with Crippen LogP contribution in [-0.4, -0.2) is 24.5 Å². The van der Waals surface area contributed by atoms with Crippen molar-refractivity contribution in [1.29, 1.82) is 0 Å². The fourth-order valence-corrected chi connectivity index (χ4v) is 1.86. The van der Waals surface area contributed by atoms with E-state index >= 15 is 0 Å². The van der Waals surface area contributed by atoms with Crippen molar-refractivity contribution >= 4 is 17.3 Å². The number of benzene rings is 1. The zero-order valence-corrected chi connectivity index (χ0v) is 11.8. The third-order valence-electron chi connectivity index (χ3n) is 2.84. The van der Waals surface area contributed by atoms with Crippen molar-refractivity contribution in [3.05, 3.63) is 48.0 Å². The number of aromatic nitrogens is 1. The first-order chi connectivity index (χ1) is 10.2. The first kappa shape index (κ1) is 14.8. The Bertz CT molecular complexity index is 647. The number of anilines is 2. The molecule has 0 bridgehead atoms. The van der Waals surface area contributed by atoms with E-state index in [0.717, 1.165) is 0 Å². The van der Waals surface area contributed by atoms with Gasteiger partial charge in [0.05, 0.1) is 18.4 Å². The van der Waals surface area contributed by atoms with Crippen molar-refractivity contribution < 1.29 is 13.9 Å². The zero-order valence-electron chi connectivity index (χ0n) is 11.8. The van der Waals surface area contributed by atoms with Gasteiger partial charge < -0.3 is 15.4 Å². The number of methoxy groups -OCH3 is 1. The Kier molecular flexibility index (Phi) is 4.71. The highest BCUT2D eigenvalue weighted by molar-refractivity contribution is 6.07. The largest absolute Gasteiger partial charge is 0.494 e. The highest BCUT2D eigenvalue weighted by atomic mass is 19.1. The number of carbonyl (C=O) groups is 1. The molecule has 21 heavy (non-hydrogen) atoms. The number of halogens is 1. The summed E-state index contributed by atoms with van der Waals surface area (Å²) in [6, 6.07) is 5.95. The van der Waals surface area contributed by atoms with Crippen LogP contribution in [0, 0.1) is 5.82 Å². The standard InChI is InChI=1S/C15H16FN3O2/c1-3-18-13-6-7-17-9-11(13)15(20)19-10-4-5-14(21-2)12(16)8-10/h4-9H,3H2,1-2H3,(H,17,18)(H,19,20). The van der Waals surface area contributed by atoms with Gasteiger partial charge in [-0.25, -0.2) is 4.39 Å². The summed E-state index contributed by atoms with van der Waals surface area (Å²) in [5.74, 6) is -0.764. The summed E-state index contributed by atoms with van der Waals surface area (Å²) in [5.41, 5.74) is 1.43.